The third kappa shape index (κ3) is 6.08. The lowest BCUT2D eigenvalue weighted by Crippen LogP contribution is -2.56. The zero-order valence-corrected chi connectivity index (χ0v) is 21.9. The topological polar surface area (TPSA) is 98.2 Å². The van der Waals surface area contributed by atoms with Gasteiger partial charge in [0.05, 0.1) is 28.8 Å². The maximum Gasteiger partial charge on any atom is 0.336 e. The van der Waals surface area contributed by atoms with Gasteiger partial charge in [-0.3, -0.25) is 14.6 Å². The van der Waals surface area contributed by atoms with Gasteiger partial charge in [-0.1, -0.05) is 18.3 Å². The fraction of sp³-hybridized carbons (Fsp3) is 0.583. The molecule has 190 valence electrons. The standard InChI is InChI=1S/C24H33N5O4S2/c1-3-33-22(30)18-4-5-19(21-25-8-11-35-21)26-20(18)14-28-10-9-27(2)17(12-28)13-29(16-34)15-24(6-7-24)23(31)32/h5,8,11,16-17,26H,3-4,6-7,9-10,12-15H2,1-2H3,(H,31,32). The van der Waals surface area contributed by atoms with Crippen molar-refractivity contribution < 1.29 is 19.4 Å². The van der Waals surface area contributed by atoms with Crippen LogP contribution in [0.1, 0.15) is 31.2 Å². The maximum absolute atomic E-state index is 12.7. The van der Waals surface area contributed by atoms with Crippen molar-refractivity contribution in [3.05, 3.63) is 33.9 Å². The van der Waals surface area contributed by atoms with Crippen molar-refractivity contribution in [2.75, 3.05) is 52.9 Å². The summed E-state index contributed by atoms with van der Waals surface area (Å²) in [5, 5.41) is 15.9. The predicted octanol–water partition coefficient (Wildman–Crippen LogP) is 2.03. The number of nitrogens with zero attached hydrogens (tertiary/aromatic N) is 4. The monoisotopic (exact) mass is 519 g/mol. The van der Waals surface area contributed by atoms with E-state index in [0.29, 0.717) is 51.1 Å². The summed E-state index contributed by atoms with van der Waals surface area (Å²) in [6.45, 7) is 6.39. The number of aliphatic carboxylic acids is 1. The second-order valence-electron chi connectivity index (χ2n) is 9.45. The number of allylic oxidation sites excluding steroid dienone is 1. The Morgan fingerprint density at radius 3 is 2.86 bits per heavy atom. The van der Waals surface area contributed by atoms with Crippen LogP contribution in [0.4, 0.5) is 0 Å². The van der Waals surface area contributed by atoms with E-state index in [1.807, 2.05) is 23.3 Å². The van der Waals surface area contributed by atoms with E-state index in [9.17, 15) is 14.7 Å². The molecule has 4 rings (SSSR count). The number of esters is 1. The highest BCUT2D eigenvalue weighted by atomic mass is 32.1. The number of hydrogen-bond acceptors (Lipinski definition) is 9. The molecule has 2 fully saturated rings. The summed E-state index contributed by atoms with van der Waals surface area (Å²) in [7, 11) is 2.10. The molecule has 3 heterocycles. The molecule has 1 atom stereocenters. The number of piperazine rings is 1. The number of carbonyl (C=O) groups excluding carboxylic acids is 1. The number of carbonyl (C=O) groups is 2. The average Bonchev–Trinajstić information content (AvgIpc) is 3.42. The van der Waals surface area contributed by atoms with E-state index in [2.05, 4.69) is 27.1 Å². The van der Waals surface area contributed by atoms with E-state index < -0.39 is 11.4 Å². The van der Waals surface area contributed by atoms with Crippen molar-refractivity contribution in [1.29, 1.82) is 0 Å². The van der Waals surface area contributed by atoms with E-state index in [4.69, 9.17) is 17.0 Å². The second-order valence-corrected chi connectivity index (χ2v) is 10.6. The van der Waals surface area contributed by atoms with Gasteiger partial charge in [0.15, 0.2) is 0 Å². The molecular formula is C24H33N5O4S2. The van der Waals surface area contributed by atoms with Crippen LogP contribution in [-0.2, 0) is 14.3 Å². The van der Waals surface area contributed by atoms with E-state index in [1.165, 1.54) is 0 Å². The van der Waals surface area contributed by atoms with Gasteiger partial charge in [0.25, 0.3) is 0 Å². The molecule has 1 aromatic rings. The minimum absolute atomic E-state index is 0.191. The van der Waals surface area contributed by atoms with Crippen LogP contribution in [-0.4, -0.2) is 101 Å². The summed E-state index contributed by atoms with van der Waals surface area (Å²) >= 11 is 6.80. The molecule has 2 N–H and O–H groups in total. The predicted molar refractivity (Wildman–Crippen MR) is 139 cm³/mol. The molecule has 9 nitrogen and oxygen atoms in total. The smallest absolute Gasteiger partial charge is 0.336 e. The van der Waals surface area contributed by atoms with Crippen LogP contribution in [0.5, 0.6) is 0 Å². The summed E-state index contributed by atoms with van der Waals surface area (Å²) in [6, 6.07) is 0.191. The highest BCUT2D eigenvalue weighted by molar-refractivity contribution is 7.78. The van der Waals surface area contributed by atoms with E-state index in [-0.39, 0.29) is 12.0 Å². The normalized spacial score (nSPS) is 22.2. The Hall–Kier alpha value is -2.34. The minimum Gasteiger partial charge on any atom is -0.481 e. The number of ether oxygens (including phenoxy) is 1. The number of aromatic nitrogens is 1. The number of likely N-dealkylation sites (N-methyl/N-ethyl adjacent to an activating group) is 1. The van der Waals surface area contributed by atoms with Gasteiger partial charge < -0.3 is 20.1 Å². The second kappa shape index (κ2) is 11.2. The number of carboxylic acids is 1. The molecule has 1 unspecified atom stereocenters. The van der Waals surface area contributed by atoms with Crippen LogP contribution >= 0.6 is 23.6 Å². The number of hydrogen-bond donors (Lipinski definition) is 2. The molecule has 1 aliphatic carbocycles. The summed E-state index contributed by atoms with van der Waals surface area (Å²) in [5.41, 5.74) is 3.38. The summed E-state index contributed by atoms with van der Waals surface area (Å²) in [5.74, 6) is -1.02. The molecule has 0 spiro atoms. The first-order chi connectivity index (χ1) is 16.8. The van der Waals surface area contributed by atoms with Gasteiger partial charge >= 0.3 is 11.9 Å². The minimum atomic E-state index is -0.733. The molecule has 1 saturated heterocycles. The van der Waals surface area contributed by atoms with Crippen molar-refractivity contribution in [3.8, 4) is 0 Å². The highest BCUT2D eigenvalue weighted by Gasteiger charge is 2.51. The van der Waals surface area contributed by atoms with Crippen molar-refractivity contribution in [1.82, 2.24) is 25.0 Å². The first-order valence-electron chi connectivity index (χ1n) is 12.0. The van der Waals surface area contributed by atoms with Crippen molar-refractivity contribution in [2.24, 2.45) is 5.41 Å². The number of dihydropyridines is 1. The summed E-state index contributed by atoms with van der Waals surface area (Å²) < 4.78 is 5.33. The third-order valence-corrected chi connectivity index (χ3v) is 8.10. The molecule has 1 aromatic heterocycles. The Morgan fingerprint density at radius 1 is 1.43 bits per heavy atom. The number of rotatable bonds is 11. The van der Waals surface area contributed by atoms with Gasteiger partial charge in [0.2, 0.25) is 0 Å². The number of carboxylic acid groups (broad SMARTS) is 1. The van der Waals surface area contributed by atoms with Crippen LogP contribution in [0, 0.1) is 5.41 Å². The van der Waals surface area contributed by atoms with E-state index in [1.54, 1.807) is 23.0 Å². The molecule has 3 aliphatic rings. The Balaban J connectivity index is 1.44. The zero-order chi connectivity index (χ0) is 25.0. The largest absolute Gasteiger partial charge is 0.481 e. The Labute approximate surface area is 215 Å². The van der Waals surface area contributed by atoms with Gasteiger partial charge in [-0.05, 0) is 26.8 Å². The quantitative estimate of drug-likeness (QED) is 0.334. The molecule has 1 saturated carbocycles. The lowest BCUT2D eigenvalue weighted by molar-refractivity contribution is -0.143. The highest BCUT2D eigenvalue weighted by Crippen LogP contribution is 2.46. The third-order valence-electron chi connectivity index (χ3n) is 6.99. The molecule has 0 aromatic carbocycles. The average molecular weight is 520 g/mol. The Morgan fingerprint density at radius 2 is 2.23 bits per heavy atom. The summed E-state index contributed by atoms with van der Waals surface area (Å²) in [4.78, 5) is 35.4. The van der Waals surface area contributed by atoms with Crippen LogP contribution in [0.2, 0.25) is 0 Å². The van der Waals surface area contributed by atoms with Crippen molar-refractivity contribution in [2.45, 2.75) is 32.2 Å². The molecule has 0 bridgehead atoms. The van der Waals surface area contributed by atoms with Crippen LogP contribution < -0.4 is 5.32 Å². The zero-order valence-electron chi connectivity index (χ0n) is 20.2. The molecular weight excluding hydrogens is 486 g/mol. The van der Waals surface area contributed by atoms with Gasteiger partial charge in [0.1, 0.15) is 5.01 Å². The van der Waals surface area contributed by atoms with Crippen LogP contribution in [0.25, 0.3) is 5.70 Å². The van der Waals surface area contributed by atoms with Crippen LogP contribution in [0.15, 0.2) is 28.9 Å². The van der Waals surface area contributed by atoms with Crippen molar-refractivity contribution >= 4 is 46.7 Å². The first kappa shape index (κ1) is 25.7. The number of nitrogens with one attached hydrogen (secondary N) is 1. The fourth-order valence-electron chi connectivity index (χ4n) is 4.64. The van der Waals surface area contributed by atoms with E-state index >= 15 is 0 Å². The lowest BCUT2D eigenvalue weighted by atomic mass is 10.0. The van der Waals surface area contributed by atoms with Gasteiger partial charge in [-0.25, -0.2) is 9.78 Å². The molecule has 2 aliphatic heterocycles. The number of thiazole rings is 1. The van der Waals surface area contributed by atoms with Gasteiger partial charge in [-0.2, -0.15) is 0 Å². The van der Waals surface area contributed by atoms with E-state index in [0.717, 1.165) is 36.0 Å². The van der Waals surface area contributed by atoms with Crippen LogP contribution in [0.3, 0.4) is 0 Å². The van der Waals surface area contributed by atoms with Gasteiger partial charge in [0, 0.05) is 69.0 Å². The summed E-state index contributed by atoms with van der Waals surface area (Å²) in [6.07, 6.45) is 5.69. The first-order valence-corrected chi connectivity index (χ1v) is 13.3. The fourth-order valence-corrected chi connectivity index (χ4v) is 5.44. The Bertz CT molecular complexity index is 1010. The lowest BCUT2D eigenvalue weighted by Gasteiger charge is -2.42. The van der Waals surface area contributed by atoms with Crippen molar-refractivity contribution in [3.63, 3.8) is 0 Å². The van der Waals surface area contributed by atoms with Gasteiger partial charge in [-0.15, -0.1) is 11.3 Å². The number of thiocarbonyl (C=S) groups is 1. The molecule has 0 amide bonds. The Kier molecular flexibility index (Phi) is 8.20. The molecule has 0 radical (unpaired) electrons. The maximum atomic E-state index is 12.7. The SMILES string of the molecule is CCOC(=O)C1=C(CN2CCN(C)C(CN(C=S)CC3(C(=O)O)CC3)C2)NC(c2nccs2)=CC1. The molecule has 35 heavy (non-hydrogen) atoms. The molecule has 11 heteroatoms.